The molecule has 0 saturated heterocycles. The van der Waals surface area contributed by atoms with Gasteiger partial charge in [0.1, 0.15) is 17.9 Å². The molecule has 1 aromatic heterocycles. The zero-order chi connectivity index (χ0) is 22.5. The molecule has 160 valence electrons. The summed E-state index contributed by atoms with van der Waals surface area (Å²) in [4.78, 5) is 21.9. The van der Waals surface area contributed by atoms with E-state index in [2.05, 4.69) is 20.0 Å². The van der Waals surface area contributed by atoms with Crippen LogP contribution in [0.5, 0.6) is 11.6 Å². The lowest BCUT2D eigenvalue weighted by molar-refractivity contribution is -0.274. The Morgan fingerprint density at radius 1 is 1.40 bits per heavy atom. The number of carbonyl (C=O) groups excluding carboxylic acids is 1. The Bertz CT molecular complexity index is 961. The SMILES string of the molecule is CCOc1nc(N)nc(N(C)[C@@H](C)C(=O)Nc2cccc(OC(F)(F)F)c2)c1C#N. The van der Waals surface area contributed by atoms with E-state index in [1.807, 2.05) is 6.07 Å². The molecule has 0 aliphatic rings. The third-order valence-corrected chi connectivity index (χ3v) is 3.90. The fraction of sp³-hybridized carbons (Fsp3) is 0.333. The number of nitrogen functional groups attached to an aromatic ring is 1. The number of rotatable bonds is 7. The number of likely N-dealkylation sites (N-methyl/N-ethyl adjacent to an activating group) is 1. The number of amides is 1. The average Bonchev–Trinajstić information content (AvgIpc) is 2.65. The van der Waals surface area contributed by atoms with Gasteiger partial charge in [0.25, 0.3) is 0 Å². The molecule has 0 aliphatic carbocycles. The van der Waals surface area contributed by atoms with Crippen molar-refractivity contribution < 1.29 is 27.4 Å². The first kappa shape index (κ1) is 22.5. The van der Waals surface area contributed by atoms with Crippen LogP contribution in [-0.2, 0) is 4.79 Å². The number of nitrogens with two attached hydrogens (primary N) is 1. The first-order valence-corrected chi connectivity index (χ1v) is 8.65. The van der Waals surface area contributed by atoms with Crippen LogP contribution in [0.4, 0.5) is 30.6 Å². The predicted molar refractivity (Wildman–Crippen MR) is 102 cm³/mol. The second-order valence-corrected chi connectivity index (χ2v) is 5.98. The largest absolute Gasteiger partial charge is 0.573 e. The van der Waals surface area contributed by atoms with Crippen LogP contribution in [0, 0.1) is 11.3 Å². The van der Waals surface area contributed by atoms with E-state index in [4.69, 9.17) is 10.5 Å². The summed E-state index contributed by atoms with van der Waals surface area (Å²) in [6.45, 7) is 3.46. The van der Waals surface area contributed by atoms with Gasteiger partial charge in [0.2, 0.25) is 17.7 Å². The summed E-state index contributed by atoms with van der Waals surface area (Å²) in [5.41, 5.74) is 5.76. The molecular formula is C18H19F3N6O3. The van der Waals surface area contributed by atoms with Gasteiger partial charge in [0, 0.05) is 18.8 Å². The molecule has 9 nitrogen and oxygen atoms in total. The number of alkyl halides is 3. The van der Waals surface area contributed by atoms with Crippen LogP contribution < -0.4 is 25.4 Å². The summed E-state index contributed by atoms with van der Waals surface area (Å²) in [5, 5.41) is 12.0. The molecule has 12 heteroatoms. The minimum Gasteiger partial charge on any atom is -0.477 e. The molecular weight excluding hydrogens is 405 g/mol. The molecule has 0 spiro atoms. The highest BCUT2D eigenvalue weighted by atomic mass is 19.4. The van der Waals surface area contributed by atoms with E-state index in [9.17, 15) is 23.2 Å². The van der Waals surface area contributed by atoms with Gasteiger partial charge < -0.3 is 25.4 Å². The van der Waals surface area contributed by atoms with E-state index >= 15 is 0 Å². The minimum atomic E-state index is -4.85. The van der Waals surface area contributed by atoms with Gasteiger partial charge in [-0.05, 0) is 26.0 Å². The quantitative estimate of drug-likeness (QED) is 0.695. The standard InChI is InChI=1S/C18H19F3N6O3/c1-4-29-16-13(9-22)14(25-17(23)26-16)27(3)10(2)15(28)24-11-6-5-7-12(8-11)30-18(19,20)21/h5-8,10H,4H2,1-3H3,(H,24,28)(H2,23,25,26)/t10-/m0/s1. The summed E-state index contributed by atoms with van der Waals surface area (Å²) < 4.78 is 46.3. The zero-order valence-electron chi connectivity index (χ0n) is 16.3. The lowest BCUT2D eigenvalue weighted by Gasteiger charge is -2.26. The maximum absolute atomic E-state index is 12.6. The Morgan fingerprint density at radius 3 is 2.70 bits per heavy atom. The van der Waals surface area contributed by atoms with Gasteiger partial charge in [0.05, 0.1) is 6.61 Å². The van der Waals surface area contributed by atoms with Gasteiger partial charge in [-0.2, -0.15) is 15.2 Å². The van der Waals surface area contributed by atoms with E-state index < -0.39 is 24.1 Å². The molecule has 0 aliphatic heterocycles. The Labute approximate surface area is 170 Å². The van der Waals surface area contributed by atoms with Gasteiger partial charge in [0.15, 0.2) is 11.4 Å². The van der Waals surface area contributed by atoms with Crippen LogP contribution in [0.3, 0.4) is 0 Å². The van der Waals surface area contributed by atoms with Crippen molar-refractivity contribution in [3.05, 3.63) is 29.8 Å². The van der Waals surface area contributed by atoms with Crippen molar-refractivity contribution in [3.63, 3.8) is 0 Å². The number of aromatic nitrogens is 2. The fourth-order valence-corrected chi connectivity index (χ4v) is 2.42. The Kier molecular flexibility index (Phi) is 6.89. The summed E-state index contributed by atoms with van der Waals surface area (Å²) in [7, 11) is 1.51. The number of ether oxygens (including phenoxy) is 2. The van der Waals surface area contributed by atoms with Gasteiger partial charge in [-0.3, -0.25) is 4.79 Å². The van der Waals surface area contributed by atoms with Crippen LogP contribution in [0.1, 0.15) is 19.4 Å². The predicted octanol–water partition coefficient (Wildman–Crippen LogP) is 2.69. The van der Waals surface area contributed by atoms with E-state index in [1.54, 1.807) is 6.92 Å². The van der Waals surface area contributed by atoms with Crippen molar-refractivity contribution in [3.8, 4) is 17.7 Å². The lowest BCUT2D eigenvalue weighted by atomic mass is 10.2. The summed E-state index contributed by atoms with van der Waals surface area (Å²) in [6, 6.07) is 5.90. The van der Waals surface area contributed by atoms with Crippen molar-refractivity contribution in [2.75, 3.05) is 29.6 Å². The number of nitriles is 1. The van der Waals surface area contributed by atoms with E-state index in [0.717, 1.165) is 12.1 Å². The van der Waals surface area contributed by atoms with E-state index in [1.165, 1.54) is 31.0 Å². The molecule has 2 aromatic rings. The highest BCUT2D eigenvalue weighted by Crippen LogP contribution is 2.28. The molecule has 0 fully saturated rings. The normalized spacial score (nSPS) is 11.9. The second-order valence-electron chi connectivity index (χ2n) is 5.98. The van der Waals surface area contributed by atoms with Crippen molar-refractivity contribution >= 4 is 23.4 Å². The highest BCUT2D eigenvalue weighted by molar-refractivity contribution is 5.96. The molecule has 3 N–H and O–H groups in total. The Morgan fingerprint density at radius 2 is 2.10 bits per heavy atom. The van der Waals surface area contributed by atoms with Gasteiger partial charge in [-0.1, -0.05) is 6.07 Å². The fourth-order valence-electron chi connectivity index (χ4n) is 2.42. The molecule has 0 unspecified atom stereocenters. The minimum absolute atomic E-state index is 0.00576. The maximum Gasteiger partial charge on any atom is 0.573 e. The molecule has 1 amide bonds. The van der Waals surface area contributed by atoms with E-state index in [0.29, 0.717) is 0 Å². The lowest BCUT2D eigenvalue weighted by Crippen LogP contribution is -2.40. The number of carbonyl (C=O) groups is 1. The van der Waals surface area contributed by atoms with Crippen LogP contribution in [-0.4, -0.2) is 41.9 Å². The number of halogens is 3. The summed E-state index contributed by atoms with van der Waals surface area (Å²) in [6.07, 6.45) is -4.85. The van der Waals surface area contributed by atoms with E-state index in [-0.39, 0.29) is 35.5 Å². The number of anilines is 3. The zero-order valence-corrected chi connectivity index (χ0v) is 16.3. The highest BCUT2D eigenvalue weighted by Gasteiger charge is 2.31. The van der Waals surface area contributed by atoms with Crippen molar-refractivity contribution in [2.24, 2.45) is 0 Å². The molecule has 0 saturated carbocycles. The van der Waals surface area contributed by atoms with Gasteiger partial charge >= 0.3 is 6.36 Å². The van der Waals surface area contributed by atoms with Gasteiger partial charge in [-0.15, -0.1) is 13.2 Å². The molecule has 1 aromatic carbocycles. The first-order chi connectivity index (χ1) is 14.1. The van der Waals surface area contributed by atoms with Crippen molar-refractivity contribution in [2.45, 2.75) is 26.3 Å². The Hall–Kier alpha value is -3.75. The molecule has 1 heterocycles. The van der Waals surface area contributed by atoms with Gasteiger partial charge in [-0.25, -0.2) is 0 Å². The first-order valence-electron chi connectivity index (χ1n) is 8.65. The third-order valence-electron chi connectivity index (χ3n) is 3.90. The number of nitrogens with one attached hydrogen (secondary N) is 1. The van der Waals surface area contributed by atoms with Crippen LogP contribution in [0.15, 0.2) is 24.3 Å². The smallest absolute Gasteiger partial charge is 0.477 e. The average molecular weight is 424 g/mol. The number of hydrogen-bond donors (Lipinski definition) is 2. The number of benzene rings is 1. The summed E-state index contributed by atoms with van der Waals surface area (Å²) >= 11 is 0. The second kappa shape index (κ2) is 9.17. The van der Waals surface area contributed by atoms with Crippen LogP contribution in [0.25, 0.3) is 0 Å². The molecule has 0 radical (unpaired) electrons. The molecule has 1 atom stereocenters. The van der Waals surface area contributed by atoms with Crippen LogP contribution in [0.2, 0.25) is 0 Å². The Balaban J connectivity index is 2.23. The number of hydrogen-bond acceptors (Lipinski definition) is 8. The topological polar surface area (TPSA) is 126 Å². The molecule has 30 heavy (non-hydrogen) atoms. The molecule has 2 rings (SSSR count). The van der Waals surface area contributed by atoms with Crippen LogP contribution >= 0.6 is 0 Å². The van der Waals surface area contributed by atoms with Crippen molar-refractivity contribution in [1.29, 1.82) is 5.26 Å². The summed E-state index contributed by atoms with van der Waals surface area (Å²) in [5.74, 6) is -1.13. The number of nitrogens with zero attached hydrogens (tertiary/aromatic N) is 4. The monoisotopic (exact) mass is 424 g/mol. The van der Waals surface area contributed by atoms with Crippen molar-refractivity contribution in [1.82, 2.24) is 9.97 Å². The molecule has 0 bridgehead atoms. The maximum atomic E-state index is 12.6. The third kappa shape index (κ3) is 5.63.